The van der Waals surface area contributed by atoms with Gasteiger partial charge in [-0.1, -0.05) is 11.6 Å². The van der Waals surface area contributed by atoms with Crippen LogP contribution in [0.2, 0.25) is 5.02 Å². The maximum Gasteiger partial charge on any atom is 0.363 e. The molecule has 0 saturated carbocycles. The Morgan fingerprint density at radius 2 is 2.00 bits per heavy atom. The molecule has 0 amide bonds. The number of cyclic esters (lactones) is 1. The molecular formula is C20H15ClINO5. The lowest BCUT2D eigenvalue weighted by atomic mass is 10.1. The van der Waals surface area contributed by atoms with E-state index >= 15 is 0 Å². The van der Waals surface area contributed by atoms with Crippen molar-refractivity contribution in [2.45, 2.75) is 13.8 Å². The van der Waals surface area contributed by atoms with Crippen LogP contribution in [0, 0.1) is 3.57 Å². The molecule has 1 aliphatic rings. The molecule has 0 fully saturated rings. The molecule has 0 saturated heterocycles. The number of rotatable bonds is 5. The number of hydrogen-bond donors (Lipinski definition) is 0. The normalized spacial score (nSPS) is 14.6. The summed E-state index contributed by atoms with van der Waals surface area (Å²) in [6.45, 7) is 3.54. The van der Waals surface area contributed by atoms with Gasteiger partial charge in [-0.25, -0.2) is 9.79 Å². The van der Waals surface area contributed by atoms with E-state index in [0.29, 0.717) is 37.8 Å². The van der Waals surface area contributed by atoms with Crippen molar-refractivity contribution in [2.75, 3.05) is 6.61 Å². The third kappa shape index (κ3) is 4.71. The topological polar surface area (TPSA) is 74.2 Å². The standard InChI is InChI=1S/C20H15ClINO5/c1-3-26-17-10-12(8-15(22)18(17)27-11(2)24)9-16-20(25)28-19(23-16)13-4-6-14(21)7-5-13/h4-10H,3H2,1-2H3. The molecular weight excluding hydrogens is 497 g/mol. The average molecular weight is 512 g/mol. The highest BCUT2D eigenvalue weighted by Gasteiger charge is 2.24. The minimum Gasteiger partial charge on any atom is -0.490 e. The van der Waals surface area contributed by atoms with Crippen molar-refractivity contribution in [1.29, 1.82) is 0 Å². The molecule has 28 heavy (non-hydrogen) atoms. The summed E-state index contributed by atoms with van der Waals surface area (Å²) in [4.78, 5) is 27.8. The molecule has 3 rings (SSSR count). The zero-order valence-electron chi connectivity index (χ0n) is 15.0. The van der Waals surface area contributed by atoms with Gasteiger partial charge in [-0.05, 0) is 77.6 Å². The molecule has 0 aromatic heterocycles. The Hall–Kier alpha value is -2.39. The number of carbonyl (C=O) groups excluding carboxylic acids is 2. The van der Waals surface area contributed by atoms with Crippen molar-refractivity contribution in [1.82, 2.24) is 0 Å². The Bertz CT molecular complexity index is 998. The lowest BCUT2D eigenvalue weighted by Crippen LogP contribution is -2.06. The molecule has 0 spiro atoms. The fourth-order valence-corrected chi connectivity index (χ4v) is 3.32. The van der Waals surface area contributed by atoms with Crippen LogP contribution in [0.25, 0.3) is 6.08 Å². The smallest absolute Gasteiger partial charge is 0.363 e. The summed E-state index contributed by atoms with van der Waals surface area (Å²) in [5.74, 6) is -0.0334. The molecule has 0 N–H and O–H groups in total. The third-order valence-electron chi connectivity index (χ3n) is 3.59. The fourth-order valence-electron chi connectivity index (χ4n) is 2.46. The molecule has 6 nitrogen and oxygen atoms in total. The summed E-state index contributed by atoms with van der Waals surface area (Å²) < 4.78 is 16.7. The second kappa shape index (κ2) is 8.74. The van der Waals surface area contributed by atoms with Gasteiger partial charge in [-0.2, -0.15) is 0 Å². The summed E-state index contributed by atoms with van der Waals surface area (Å²) in [7, 11) is 0. The summed E-state index contributed by atoms with van der Waals surface area (Å²) in [6.07, 6.45) is 1.59. The van der Waals surface area contributed by atoms with Gasteiger partial charge in [0.05, 0.1) is 10.2 Å². The van der Waals surface area contributed by atoms with Crippen LogP contribution in [0.1, 0.15) is 25.0 Å². The van der Waals surface area contributed by atoms with E-state index in [0.717, 1.165) is 0 Å². The van der Waals surface area contributed by atoms with Crippen LogP contribution in [0.4, 0.5) is 0 Å². The molecule has 0 aliphatic carbocycles. The Morgan fingerprint density at radius 3 is 2.64 bits per heavy atom. The molecule has 1 aliphatic heterocycles. The number of carbonyl (C=O) groups is 2. The van der Waals surface area contributed by atoms with E-state index in [9.17, 15) is 9.59 Å². The van der Waals surface area contributed by atoms with E-state index in [4.69, 9.17) is 25.8 Å². The van der Waals surface area contributed by atoms with E-state index in [-0.39, 0.29) is 11.6 Å². The first-order chi connectivity index (χ1) is 13.4. The molecule has 0 bridgehead atoms. The minimum atomic E-state index is -0.554. The molecule has 0 atom stereocenters. The second-order valence-corrected chi connectivity index (χ2v) is 7.30. The van der Waals surface area contributed by atoms with Crippen LogP contribution in [0.15, 0.2) is 47.1 Å². The van der Waals surface area contributed by atoms with Gasteiger partial charge >= 0.3 is 11.9 Å². The van der Waals surface area contributed by atoms with Crippen molar-refractivity contribution in [3.8, 4) is 11.5 Å². The van der Waals surface area contributed by atoms with Gasteiger partial charge in [-0.15, -0.1) is 0 Å². The predicted molar refractivity (Wildman–Crippen MR) is 114 cm³/mol. The van der Waals surface area contributed by atoms with Crippen molar-refractivity contribution >= 4 is 58.1 Å². The maximum atomic E-state index is 12.2. The van der Waals surface area contributed by atoms with Gasteiger partial charge in [0.15, 0.2) is 17.2 Å². The molecule has 0 unspecified atom stereocenters. The molecule has 2 aromatic carbocycles. The summed E-state index contributed by atoms with van der Waals surface area (Å²) >= 11 is 7.92. The number of ether oxygens (including phenoxy) is 3. The van der Waals surface area contributed by atoms with Gasteiger partial charge in [0.1, 0.15) is 0 Å². The van der Waals surface area contributed by atoms with Gasteiger partial charge in [0, 0.05) is 17.5 Å². The second-order valence-electron chi connectivity index (χ2n) is 5.70. The Kier molecular flexibility index (Phi) is 6.35. The Labute approximate surface area is 180 Å². The molecule has 144 valence electrons. The van der Waals surface area contributed by atoms with Crippen molar-refractivity contribution in [3.05, 3.63) is 61.8 Å². The first-order valence-corrected chi connectivity index (χ1v) is 9.76. The summed E-state index contributed by atoms with van der Waals surface area (Å²) in [5.41, 5.74) is 1.47. The number of halogens is 2. The first kappa shape index (κ1) is 20.3. The van der Waals surface area contributed by atoms with E-state index in [1.54, 1.807) is 42.5 Å². The van der Waals surface area contributed by atoms with E-state index < -0.39 is 11.9 Å². The lowest BCUT2D eigenvalue weighted by molar-refractivity contribution is -0.132. The van der Waals surface area contributed by atoms with Crippen molar-refractivity contribution in [3.63, 3.8) is 0 Å². The van der Waals surface area contributed by atoms with E-state index in [1.165, 1.54) is 6.92 Å². The lowest BCUT2D eigenvalue weighted by Gasteiger charge is -2.12. The van der Waals surface area contributed by atoms with Crippen LogP contribution < -0.4 is 9.47 Å². The highest BCUT2D eigenvalue weighted by molar-refractivity contribution is 14.1. The van der Waals surface area contributed by atoms with Crippen LogP contribution in [0.5, 0.6) is 11.5 Å². The Balaban J connectivity index is 1.96. The fraction of sp³-hybridized carbons (Fsp3) is 0.150. The SMILES string of the molecule is CCOc1cc(C=C2N=C(c3ccc(Cl)cc3)OC2=O)cc(I)c1OC(C)=O. The highest BCUT2D eigenvalue weighted by atomic mass is 127. The van der Waals surface area contributed by atoms with Crippen molar-refractivity contribution in [2.24, 2.45) is 4.99 Å². The van der Waals surface area contributed by atoms with Crippen molar-refractivity contribution < 1.29 is 23.8 Å². The third-order valence-corrected chi connectivity index (χ3v) is 4.65. The van der Waals surface area contributed by atoms with Crippen LogP contribution in [-0.2, 0) is 14.3 Å². The summed E-state index contributed by atoms with van der Waals surface area (Å²) in [6, 6.07) is 10.3. The molecule has 8 heteroatoms. The average Bonchev–Trinajstić information content (AvgIpc) is 2.99. The van der Waals surface area contributed by atoms with E-state index in [1.807, 2.05) is 29.5 Å². The first-order valence-electron chi connectivity index (χ1n) is 8.30. The van der Waals surface area contributed by atoms with Crippen LogP contribution >= 0.6 is 34.2 Å². The van der Waals surface area contributed by atoms with Gasteiger partial charge in [0.2, 0.25) is 5.90 Å². The van der Waals surface area contributed by atoms with Crippen LogP contribution in [0.3, 0.4) is 0 Å². The zero-order chi connectivity index (χ0) is 20.3. The predicted octanol–water partition coefficient (Wildman–Crippen LogP) is 4.61. The maximum absolute atomic E-state index is 12.2. The molecule has 1 heterocycles. The van der Waals surface area contributed by atoms with Gasteiger partial charge in [0.25, 0.3) is 0 Å². The number of nitrogens with zero attached hydrogens (tertiary/aromatic N) is 1. The quantitative estimate of drug-likeness (QED) is 0.254. The monoisotopic (exact) mass is 511 g/mol. The zero-order valence-corrected chi connectivity index (χ0v) is 17.9. The molecule has 0 radical (unpaired) electrons. The number of hydrogen-bond acceptors (Lipinski definition) is 6. The molecule has 2 aromatic rings. The minimum absolute atomic E-state index is 0.156. The number of benzene rings is 2. The van der Waals surface area contributed by atoms with E-state index in [2.05, 4.69) is 4.99 Å². The Morgan fingerprint density at radius 1 is 1.29 bits per heavy atom. The highest BCUT2D eigenvalue weighted by Crippen LogP contribution is 2.35. The summed E-state index contributed by atoms with van der Waals surface area (Å²) in [5, 5.41) is 0.579. The van der Waals surface area contributed by atoms with Gasteiger partial charge in [-0.3, -0.25) is 4.79 Å². The number of aliphatic imine (C=N–C) groups is 1. The number of esters is 2. The van der Waals surface area contributed by atoms with Gasteiger partial charge < -0.3 is 14.2 Å². The largest absolute Gasteiger partial charge is 0.490 e. The van der Waals surface area contributed by atoms with Crippen LogP contribution in [-0.4, -0.2) is 24.4 Å².